The third kappa shape index (κ3) is 4.97. The van der Waals surface area contributed by atoms with Gasteiger partial charge in [0.1, 0.15) is 0 Å². The lowest BCUT2D eigenvalue weighted by atomic mass is 9.97. The Bertz CT molecular complexity index is 699. The summed E-state index contributed by atoms with van der Waals surface area (Å²) in [5, 5.41) is 6.18. The van der Waals surface area contributed by atoms with E-state index < -0.39 is 10.0 Å². The van der Waals surface area contributed by atoms with E-state index in [1.807, 2.05) is 6.07 Å². The molecule has 6 nitrogen and oxygen atoms in total. The third-order valence-electron chi connectivity index (χ3n) is 5.07. The predicted molar refractivity (Wildman–Crippen MR) is 104 cm³/mol. The smallest absolute Gasteiger partial charge is 0.243 e. The summed E-state index contributed by atoms with van der Waals surface area (Å²) in [5.41, 5.74) is 0.662. The van der Waals surface area contributed by atoms with Crippen LogP contribution in [0.15, 0.2) is 29.2 Å². The molecule has 8 heteroatoms. The van der Waals surface area contributed by atoms with Crippen LogP contribution in [-0.4, -0.2) is 44.8 Å². The Balaban J connectivity index is 0.00000243. The molecule has 146 valence electrons. The number of carbonyl (C=O) groups is 1. The minimum absolute atomic E-state index is 0. The molecule has 2 fully saturated rings. The van der Waals surface area contributed by atoms with E-state index in [-0.39, 0.29) is 30.8 Å². The molecule has 26 heavy (non-hydrogen) atoms. The van der Waals surface area contributed by atoms with Gasteiger partial charge in [0.25, 0.3) is 0 Å². The van der Waals surface area contributed by atoms with Crippen LogP contribution in [-0.2, 0) is 21.4 Å². The second-order valence-corrected chi connectivity index (χ2v) is 8.72. The largest absolute Gasteiger partial charge is 0.352 e. The summed E-state index contributed by atoms with van der Waals surface area (Å²) in [4.78, 5) is 12.7. The average molecular weight is 402 g/mol. The second kappa shape index (κ2) is 9.69. The van der Waals surface area contributed by atoms with Gasteiger partial charge in [0.05, 0.1) is 4.90 Å². The van der Waals surface area contributed by atoms with Crippen molar-refractivity contribution in [2.75, 3.05) is 26.2 Å². The zero-order valence-electron chi connectivity index (χ0n) is 14.9. The standard InChI is InChI=1S/C18H27N3O3S.ClH/c22-18(15-8-10-19-11-9-15)20-14-16-6-2-3-7-17(16)25(23,24)21-12-4-1-5-13-21;/h2-3,6-7,15,19H,1,4-5,8-14H2,(H,20,22);1H. The molecule has 1 aromatic carbocycles. The Morgan fingerprint density at radius 2 is 1.77 bits per heavy atom. The Morgan fingerprint density at radius 1 is 1.12 bits per heavy atom. The summed E-state index contributed by atoms with van der Waals surface area (Å²) in [6, 6.07) is 7.01. The lowest BCUT2D eigenvalue weighted by molar-refractivity contribution is -0.125. The monoisotopic (exact) mass is 401 g/mol. The number of piperidine rings is 2. The van der Waals surface area contributed by atoms with Gasteiger partial charge in [-0.05, 0) is 50.4 Å². The summed E-state index contributed by atoms with van der Waals surface area (Å²) >= 11 is 0. The molecule has 3 rings (SSSR count). The zero-order valence-corrected chi connectivity index (χ0v) is 16.6. The minimum atomic E-state index is -3.49. The van der Waals surface area contributed by atoms with E-state index in [1.165, 1.54) is 0 Å². The van der Waals surface area contributed by atoms with E-state index in [0.717, 1.165) is 45.2 Å². The van der Waals surface area contributed by atoms with E-state index in [4.69, 9.17) is 0 Å². The van der Waals surface area contributed by atoms with Crippen molar-refractivity contribution in [1.29, 1.82) is 0 Å². The van der Waals surface area contributed by atoms with Gasteiger partial charge in [-0.15, -0.1) is 12.4 Å². The van der Waals surface area contributed by atoms with Crippen molar-refractivity contribution in [3.8, 4) is 0 Å². The maximum Gasteiger partial charge on any atom is 0.243 e. The van der Waals surface area contributed by atoms with Crippen LogP contribution in [0.2, 0.25) is 0 Å². The molecule has 2 aliphatic rings. The summed E-state index contributed by atoms with van der Waals surface area (Å²) in [5.74, 6) is 0.0405. The van der Waals surface area contributed by atoms with Crippen LogP contribution >= 0.6 is 12.4 Å². The van der Waals surface area contributed by atoms with Crippen LogP contribution in [0.5, 0.6) is 0 Å². The van der Waals surface area contributed by atoms with E-state index in [2.05, 4.69) is 10.6 Å². The molecule has 1 amide bonds. The highest BCUT2D eigenvalue weighted by Crippen LogP contribution is 2.23. The lowest BCUT2D eigenvalue weighted by Gasteiger charge is -2.27. The molecule has 0 atom stereocenters. The van der Waals surface area contributed by atoms with E-state index >= 15 is 0 Å². The number of nitrogens with zero attached hydrogens (tertiary/aromatic N) is 1. The number of benzene rings is 1. The Labute approximate surface area is 162 Å². The van der Waals surface area contributed by atoms with Gasteiger partial charge in [-0.25, -0.2) is 8.42 Å². The Kier molecular flexibility index (Phi) is 7.88. The molecule has 0 spiro atoms. The highest BCUT2D eigenvalue weighted by atomic mass is 35.5. The third-order valence-corrected chi connectivity index (χ3v) is 7.07. The molecule has 2 heterocycles. The summed E-state index contributed by atoms with van der Waals surface area (Å²) in [6.07, 6.45) is 4.57. The molecular formula is C18H28ClN3O3S. The molecule has 2 N–H and O–H groups in total. The van der Waals surface area contributed by atoms with Crippen molar-refractivity contribution < 1.29 is 13.2 Å². The van der Waals surface area contributed by atoms with Gasteiger partial charge >= 0.3 is 0 Å². The molecule has 0 aromatic heterocycles. The maximum absolute atomic E-state index is 13.0. The molecule has 0 unspecified atom stereocenters. The minimum Gasteiger partial charge on any atom is -0.352 e. The summed E-state index contributed by atoms with van der Waals surface area (Å²) in [6.45, 7) is 3.14. The van der Waals surface area contributed by atoms with Gasteiger partial charge in [-0.3, -0.25) is 4.79 Å². The number of amides is 1. The quantitative estimate of drug-likeness (QED) is 0.789. The summed E-state index contributed by atoms with van der Waals surface area (Å²) in [7, 11) is -3.49. The fourth-order valence-electron chi connectivity index (χ4n) is 3.56. The Morgan fingerprint density at radius 3 is 2.46 bits per heavy atom. The molecule has 0 radical (unpaired) electrons. The highest BCUT2D eigenvalue weighted by Gasteiger charge is 2.28. The summed E-state index contributed by atoms with van der Waals surface area (Å²) < 4.78 is 27.5. The van der Waals surface area contributed by atoms with Gasteiger partial charge in [-0.2, -0.15) is 4.31 Å². The number of hydrogen-bond acceptors (Lipinski definition) is 4. The van der Waals surface area contributed by atoms with Crippen LogP contribution in [0.3, 0.4) is 0 Å². The van der Waals surface area contributed by atoms with E-state index in [0.29, 0.717) is 23.5 Å². The van der Waals surface area contributed by atoms with Crippen molar-refractivity contribution in [3.05, 3.63) is 29.8 Å². The van der Waals surface area contributed by atoms with Crippen LogP contribution < -0.4 is 10.6 Å². The van der Waals surface area contributed by atoms with Crippen molar-refractivity contribution in [3.63, 3.8) is 0 Å². The van der Waals surface area contributed by atoms with Crippen molar-refractivity contribution >= 4 is 28.3 Å². The average Bonchev–Trinajstić information content (AvgIpc) is 2.67. The van der Waals surface area contributed by atoms with Crippen LogP contribution in [0.25, 0.3) is 0 Å². The maximum atomic E-state index is 13.0. The van der Waals surface area contributed by atoms with Gasteiger partial charge in [0.2, 0.25) is 15.9 Å². The number of hydrogen-bond donors (Lipinski definition) is 2. The number of nitrogens with one attached hydrogen (secondary N) is 2. The molecule has 1 aromatic rings. The second-order valence-electron chi connectivity index (χ2n) is 6.81. The van der Waals surface area contributed by atoms with Crippen LogP contribution in [0, 0.1) is 5.92 Å². The van der Waals surface area contributed by atoms with Gasteiger partial charge in [0.15, 0.2) is 0 Å². The van der Waals surface area contributed by atoms with Gasteiger partial charge < -0.3 is 10.6 Å². The first kappa shape index (κ1) is 21.2. The SMILES string of the molecule is Cl.O=C(NCc1ccccc1S(=O)(=O)N1CCCCC1)C1CCNCC1. The highest BCUT2D eigenvalue weighted by molar-refractivity contribution is 7.89. The first-order valence-corrected chi connectivity index (χ1v) is 10.6. The fourth-order valence-corrected chi connectivity index (χ4v) is 5.30. The molecule has 0 bridgehead atoms. The molecule has 2 aliphatic heterocycles. The number of sulfonamides is 1. The topological polar surface area (TPSA) is 78.5 Å². The van der Waals surface area contributed by atoms with E-state index in [9.17, 15) is 13.2 Å². The van der Waals surface area contributed by atoms with Crippen LogP contribution in [0.1, 0.15) is 37.7 Å². The van der Waals surface area contributed by atoms with Crippen molar-refractivity contribution in [2.45, 2.75) is 43.5 Å². The number of rotatable bonds is 5. The molecule has 0 aliphatic carbocycles. The van der Waals surface area contributed by atoms with Crippen LogP contribution in [0.4, 0.5) is 0 Å². The molecule has 2 saturated heterocycles. The van der Waals surface area contributed by atoms with Gasteiger partial charge in [0, 0.05) is 25.6 Å². The zero-order chi connectivity index (χ0) is 17.7. The first-order valence-electron chi connectivity index (χ1n) is 9.15. The van der Waals surface area contributed by atoms with Crippen molar-refractivity contribution in [2.24, 2.45) is 5.92 Å². The molecule has 0 saturated carbocycles. The number of carbonyl (C=O) groups excluding carboxylic acids is 1. The normalized spacial score (nSPS) is 19.5. The van der Waals surface area contributed by atoms with Crippen molar-refractivity contribution in [1.82, 2.24) is 14.9 Å². The predicted octanol–water partition coefficient (Wildman–Crippen LogP) is 1.90. The first-order chi connectivity index (χ1) is 12.1. The van der Waals surface area contributed by atoms with E-state index in [1.54, 1.807) is 22.5 Å². The number of halogens is 1. The fraction of sp³-hybridized carbons (Fsp3) is 0.611. The van der Waals surface area contributed by atoms with Gasteiger partial charge in [-0.1, -0.05) is 24.6 Å². The lowest BCUT2D eigenvalue weighted by Crippen LogP contribution is -2.38. The Hall–Kier alpha value is -1.15. The molecular weight excluding hydrogens is 374 g/mol.